The van der Waals surface area contributed by atoms with Gasteiger partial charge in [0.1, 0.15) is 0 Å². The molecular formula is C12H23NO. The van der Waals surface area contributed by atoms with Crippen LogP contribution in [-0.4, -0.2) is 24.8 Å². The molecule has 4 atom stereocenters. The normalized spacial score (nSPS) is 44.1. The highest BCUT2D eigenvalue weighted by molar-refractivity contribution is 4.87. The summed E-state index contributed by atoms with van der Waals surface area (Å²) in [5, 5.41) is 3.61. The third kappa shape index (κ3) is 2.29. The van der Waals surface area contributed by atoms with Gasteiger partial charge < -0.3 is 10.1 Å². The van der Waals surface area contributed by atoms with Crippen LogP contribution in [0, 0.1) is 5.92 Å². The van der Waals surface area contributed by atoms with Crippen LogP contribution in [0.15, 0.2) is 0 Å². The molecule has 2 saturated heterocycles. The van der Waals surface area contributed by atoms with Crippen LogP contribution in [0.1, 0.15) is 46.0 Å². The zero-order chi connectivity index (χ0) is 9.97. The monoisotopic (exact) mass is 197 g/mol. The Morgan fingerprint density at radius 1 is 1.29 bits per heavy atom. The number of ether oxygens (including phenoxy) is 1. The molecule has 0 aromatic rings. The van der Waals surface area contributed by atoms with E-state index in [2.05, 4.69) is 19.2 Å². The molecule has 0 aromatic heterocycles. The minimum Gasteiger partial charge on any atom is -0.373 e. The fraction of sp³-hybridized carbons (Fsp3) is 1.00. The smallest absolute Gasteiger partial charge is 0.0732 e. The summed E-state index contributed by atoms with van der Waals surface area (Å²) < 4.78 is 6.04. The van der Waals surface area contributed by atoms with E-state index in [4.69, 9.17) is 4.74 Å². The summed E-state index contributed by atoms with van der Waals surface area (Å²) in [6.07, 6.45) is 7.40. The molecule has 0 bridgehead atoms. The van der Waals surface area contributed by atoms with Crippen LogP contribution in [0.2, 0.25) is 0 Å². The van der Waals surface area contributed by atoms with E-state index in [0.717, 1.165) is 5.92 Å². The zero-order valence-corrected chi connectivity index (χ0v) is 9.46. The molecule has 0 aliphatic carbocycles. The average molecular weight is 197 g/mol. The minimum absolute atomic E-state index is 0.502. The van der Waals surface area contributed by atoms with Crippen molar-refractivity contribution >= 4 is 0 Å². The first-order valence-electron chi connectivity index (χ1n) is 6.18. The first-order valence-corrected chi connectivity index (χ1v) is 6.18. The van der Waals surface area contributed by atoms with Gasteiger partial charge in [0.2, 0.25) is 0 Å². The predicted molar refractivity (Wildman–Crippen MR) is 58.4 cm³/mol. The molecule has 2 fully saturated rings. The van der Waals surface area contributed by atoms with Crippen LogP contribution in [0.5, 0.6) is 0 Å². The van der Waals surface area contributed by atoms with Crippen molar-refractivity contribution in [3.8, 4) is 0 Å². The molecule has 2 heterocycles. The van der Waals surface area contributed by atoms with Crippen molar-refractivity contribution in [2.45, 2.75) is 64.2 Å². The van der Waals surface area contributed by atoms with Crippen molar-refractivity contribution in [2.24, 2.45) is 5.92 Å². The second-order valence-electron chi connectivity index (χ2n) is 4.97. The molecule has 2 aliphatic rings. The summed E-state index contributed by atoms with van der Waals surface area (Å²) in [5.41, 5.74) is 0. The highest BCUT2D eigenvalue weighted by atomic mass is 16.5. The van der Waals surface area contributed by atoms with Crippen LogP contribution in [-0.2, 0) is 4.74 Å². The molecule has 1 N–H and O–H groups in total. The van der Waals surface area contributed by atoms with Gasteiger partial charge in [0.25, 0.3) is 0 Å². The Labute approximate surface area is 87.4 Å². The van der Waals surface area contributed by atoms with E-state index in [1.165, 1.54) is 38.6 Å². The number of hydrogen-bond acceptors (Lipinski definition) is 2. The lowest BCUT2D eigenvalue weighted by atomic mass is 9.90. The van der Waals surface area contributed by atoms with Crippen molar-refractivity contribution < 1.29 is 4.74 Å². The van der Waals surface area contributed by atoms with Crippen molar-refractivity contribution in [1.82, 2.24) is 5.32 Å². The maximum absolute atomic E-state index is 6.04. The quantitative estimate of drug-likeness (QED) is 0.733. The van der Waals surface area contributed by atoms with E-state index in [1.807, 2.05) is 0 Å². The second-order valence-corrected chi connectivity index (χ2v) is 4.97. The largest absolute Gasteiger partial charge is 0.373 e. The van der Waals surface area contributed by atoms with Crippen molar-refractivity contribution in [3.63, 3.8) is 0 Å². The predicted octanol–water partition coefficient (Wildman–Crippen LogP) is 2.33. The lowest BCUT2D eigenvalue weighted by molar-refractivity contribution is 0.0114. The highest BCUT2D eigenvalue weighted by Gasteiger charge is 2.32. The van der Waals surface area contributed by atoms with Gasteiger partial charge in [0.15, 0.2) is 0 Å². The van der Waals surface area contributed by atoms with E-state index in [1.54, 1.807) is 0 Å². The fourth-order valence-corrected chi connectivity index (χ4v) is 2.76. The van der Waals surface area contributed by atoms with Crippen molar-refractivity contribution in [2.75, 3.05) is 6.54 Å². The van der Waals surface area contributed by atoms with Gasteiger partial charge in [-0.3, -0.25) is 0 Å². The van der Waals surface area contributed by atoms with Gasteiger partial charge in [0, 0.05) is 6.04 Å². The Morgan fingerprint density at radius 3 is 2.79 bits per heavy atom. The third-order valence-corrected chi connectivity index (χ3v) is 3.74. The van der Waals surface area contributed by atoms with Crippen LogP contribution < -0.4 is 5.32 Å². The Balaban J connectivity index is 1.83. The maximum Gasteiger partial charge on any atom is 0.0732 e. The van der Waals surface area contributed by atoms with Crippen LogP contribution >= 0.6 is 0 Å². The lowest BCUT2D eigenvalue weighted by Gasteiger charge is -2.32. The summed E-state index contributed by atoms with van der Waals surface area (Å²) in [6, 6.07) is 0.635. The molecule has 0 saturated carbocycles. The van der Waals surface area contributed by atoms with Gasteiger partial charge in [-0.2, -0.15) is 0 Å². The molecule has 2 rings (SSSR count). The summed E-state index contributed by atoms with van der Waals surface area (Å²) in [4.78, 5) is 0. The molecule has 4 unspecified atom stereocenters. The zero-order valence-electron chi connectivity index (χ0n) is 9.46. The molecule has 0 radical (unpaired) electrons. The van der Waals surface area contributed by atoms with Gasteiger partial charge in [-0.25, -0.2) is 0 Å². The molecule has 82 valence electrons. The summed E-state index contributed by atoms with van der Waals surface area (Å²) >= 11 is 0. The maximum atomic E-state index is 6.04. The highest BCUT2D eigenvalue weighted by Crippen LogP contribution is 2.28. The fourth-order valence-electron chi connectivity index (χ4n) is 2.76. The van der Waals surface area contributed by atoms with Gasteiger partial charge in [-0.05, 0) is 44.6 Å². The van der Waals surface area contributed by atoms with Crippen LogP contribution in [0.25, 0.3) is 0 Å². The molecule has 2 aliphatic heterocycles. The standard InChI is InChI=1S/C12H23NO/c1-3-10-4-5-12(14-10)11-8-9(2)6-7-13-11/h9-13H,3-8H2,1-2H3. The van der Waals surface area contributed by atoms with E-state index < -0.39 is 0 Å². The Hall–Kier alpha value is -0.0800. The summed E-state index contributed by atoms with van der Waals surface area (Å²) in [6.45, 7) is 5.77. The lowest BCUT2D eigenvalue weighted by Crippen LogP contribution is -2.45. The molecule has 0 spiro atoms. The second kappa shape index (κ2) is 4.63. The van der Waals surface area contributed by atoms with Crippen LogP contribution in [0.3, 0.4) is 0 Å². The van der Waals surface area contributed by atoms with Crippen molar-refractivity contribution in [1.29, 1.82) is 0 Å². The van der Waals surface area contributed by atoms with Crippen LogP contribution in [0.4, 0.5) is 0 Å². The van der Waals surface area contributed by atoms with Gasteiger partial charge >= 0.3 is 0 Å². The van der Waals surface area contributed by atoms with Gasteiger partial charge in [-0.15, -0.1) is 0 Å². The Kier molecular flexibility index (Phi) is 3.45. The molecule has 14 heavy (non-hydrogen) atoms. The topological polar surface area (TPSA) is 21.3 Å². The van der Waals surface area contributed by atoms with E-state index in [0.29, 0.717) is 18.2 Å². The molecule has 2 heteroatoms. The first kappa shape index (κ1) is 10.4. The molecular weight excluding hydrogens is 174 g/mol. The summed E-state index contributed by atoms with van der Waals surface area (Å²) in [7, 11) is 0. The summed E-state index contributed by atoms with van der Waals surface area (Å²) in [5.74, 6) is 0.880. The van der Waals surface area contributed by atoms with E-state index in [-0.39, 0.29) is 0 Å². The Morgan fingerprint density at radius 2 is 2.14 bits per heavy atom. The minimum atomic E-state index is 0.502. The molecule has 0 aromatic carbocycles. The van der Waals surface area contributed by atoms with Gasteiger partial charge in [0.05, 0.1) is 12.2 Å². The number of piperidine rings is 1. The molecule has 2 nitrogen and oxygen atoms in total. The van der Waals surface area contributed by atoms with E-state index >= 15 is 0 Å². The van der Waals surface area contributed by atoms with Crippen molar-refractivity contribution in [3.05, 3.63) is 0 Å². The molecule has 0 amide bonds. The number of rotatable bonds is 2. The Bertz CT molecular complexity index is 183. The number of hydrogen-bond donors (Lipinski definition) is 1. The average Bonchev–Trinajstić information content (AvgIpc) is 2.66. The van der Waals surface area contributed by atoms with Gasteiger partial charge in [-0.1, -0.05) is 13.8 Å². The SMILES string of the molecule is CCC1CCC(C2CC(C)CCN2)O1. The first-order chi connectivity index (χ1) is 6.79. The third-order valence-electron chi connectivity index (χ3n) is 3.74. The van der Waals surface area contributed by atoms with E-state index in [9.17, 15) is 0 Å². The number of nitrogens with one attached hydrogen (secondary N) is 1.